The second-order valence-corrected chi connectivity index (χ2v) is 11.3. The number of carbonyl (C=O) groups is 2. The van der Waals surface area contributed by atoms with Gasteiger partial charge >= 0.3 is 11.9 Å². The zero-order chi connectivity index (χ0) is 28.6. The van der Waals surface area contributed by atoms with E-state index in [1.54, 1.807) is 67.4 Å². The number of thiazole rings is 1. The van der Waals surface area contributed by atoms with Crippen LogP contribution in [0.1, 0.15) is 48.5 Å². The molecular formula is C30H26N2O6S2. The predicted molar refractivity (Wildman–Crippen MR) is 154 cm³/mol. The molecule has 0 fully saturated rings. The van der Waals surface area contributed by atoms with Gasteiger partial charge in [0, 0.05) is 16.5 Å². The standard InChI is InChI=1S/C30H26N2O6S2/c1-16(2)37-29(36)25-17(3)31-30-32(26(25)19-9-12-22(39-4)13-10-19)27(33)24(40-30)15-21-11-14-23(38-21)18-5-7-20(8-6-18)28(34)35/h5-16,26H,1-4H3,(H,34,35)/b24-15-/t26-/m0/s1. The van der Waals surface area contributed by atoms with Gasteiger partial charge in [-0.15, -0.1) is 11.8 Å². The molecule has 2 aromatic carbocycles. The second kappa shape index (κ2) is 11.1. The average molecular weight is 575 g/mol. The van der Waals surface area contributed by atoms with E-state index in [1.165, 1.54) is 23.5 Å². The van der Waals surface area contributed by atoms with Crippen molar-refractivity contribution in [2.45, 2.75) is 37.8 Å². The van der Waals surface area contributed by atoms with Crippen LogP contribution >= 0.6 is 23.1 Å². The van der Waals surface area contributed by atoms with Crippen molar-refractivity contribution in [3.8, 4) is 11.3 Å². The molecule has 4 aromatic rings. The van der Waals surface area contributed by atoms with Gasteiger partial charge in [0.2, 0.25) is 0 Å². The number of esters is 1. The van der Waals surface area contributed by atoms with E-state index in [-0.39, 0.29) is 17.2 Å². The second-order valence-electron chi connectivity index (χ2n) is 9.39. The Labute approximate surface area is 238 Å². The topological polar surface area (TPSA) is 111 Å². The molecule has 8 nitrogen and oxygen atoms in total. The number of benzene rings is 2. The number of allylic oxidation sites excluding steroid dienone is 1. The van der Waals surface area contributed by atoms with Gasteiger partial charge in [-0.25, -0.2) is 14.6 Å². The van der Waals surface area contributed by atoms with E-state index in [1.807, 2.05) is 30.5 Å². The summed E-state index contributed by atoms with van der Waals surface area (Å²) >= 11 is 2.82. The van der Waals surface area contributed by atoms with Gasteiger partial charge in [-0.2, -0.15) is 0 Å². The SMILES string of the molecule is CSc1ccc([C@H]2C(C(=O)OC(C)C)=C(C)N=c3s/c(=C\c4ccc(-c5ccc(C(=O)O)cc5)o4)c(=O)n32)cc1. The number of hydrogen-bond acceptors (Lipinski definition) is 8. The van der Waals surface area contributed by atoms with Crippen LogP contribution in [0.5, 0.6) is 0 Å². The number of fused-ring (bicyclic) bond motifs is 1. The van der Waals surface area contributed by atoms with E-state index >= 15 is 0 Å². The molecule has 0 unspecified atom stereocenters. The number of nitrogens with zero attached hydrogens (tertiary/aromatic N) is 2. The fraction of sp³-hybridized carbons (Fsp3) is 0.200. The Morgan fingerprint density at radius 2 is 1.80 bits per heavy atom. The highest BCUT2D eigenvalue weighted by Crippen LogP contribution is 2.32. The van der Waals surface area contributed by atoms with Crippen LogP contribution in [0.25, 0.3) is 17.4 Å². The number of rotatable bonds is 7. The first-order chi connectivity index (χ1) is 19.2. The highest BCUT2D eigenvalue weighted by Gasteiger charge is 2.33. The molecule has 1 atom stereocenters. The van der Waals surface area contributed by atoms with Crippen LogP contribution in [0, 0.1) is 0 Å². The summed E-state index contributed by atoms with van der Waals surface area (Å²) in [6.45, 7) is 5.32. The van der Waals surface area contributed by atoms with Crippen LogP contribution in [-0.4, -0.2) is 34.0 Å². The summed E-state index contributed by atoms with van der Waals surface area (Å²) in [6.07, 6.45) is 3.31. The number of thioether (sulfide) groups is 1. The Hall–Kier alpha value is -4.15. The quantitative estimate of drug-likeness (QED) is 0.248. The molecule has 0 saturated carbocycles. The van der Waals surface area contributed by atoms with Crippen LogP contribution in [-0.2, 0) is 9.53 Å². The summed E-state index contributed by atoms with van der Waals surface area (Å²) in [5, 5.41) is 9.13. The van der Waals surface area contributed by atoms with Gasteiger partial charge in [-0.3, -0.25) is 9.36 Å². The van der Waals surface area contributed by atoms with Crippen molar-refractivity contribution in [3.63, 3.8) is 0 Å². The Kier molecular flexibility index (Phi) is 7.64. The molecule has 2 aromatic heterocycles. The van der Waals surface area contributed by atoms with E-state index in [9.17, 15) is 14.4 Å². The molecule has 0 amide bonds. The maximum absolute atomic E-state index is 13.8. The third kappa shape index (κ3) is 5.32. The molecule has 1 aliphatic heterocycles. The summed E-state index contributed by atoms with van der Waals surface area (Å²) in [4.78, 5) is 44.3. The maximum Gasteiger partial charge on any atom is 0.338 e. The van der Waals surface area contributed by atoms with Gasteiger partial charge in [-0.05, 0) is 69.0 Å². The lowest BCUT2D eigenvalue weighted by atomic mass is 9.96. The lowest BCUT2D eigenvalue weighted by Crippen LogP contribution is -2.40. The van der Waals surface area contributed by atoms with Gasteiger partial charge in [0.15, 0.2) is 4.80 Å². The summed E-state index contributed by atoms with van der Waals surface area (Å²) in [5.74, 6) is -0.513. The molecule has 0 aliphatic carbocycles. The number of ether oxygens (including phenoxy) is 1. The van der Waals surface area contributed by atoms with Crippen LogP contribution in [0.3, 0.4) is 0 Å². The number of carbonyl (C=O) groups excluding carboxylic acids is 1. The zero-order valence-electron chi connectivity index (χ0n) is 22.2. The number of hydrogen-bond donors (Lipinski definition) is 1. The highest BCUT2D eigenvalue weighted by atomic mass is 32.2. The van der Waals surface area contributed by atoms with Gasteiger partial charge in [-0.1, -0.05) is 35.6 Å². The first kappa shape index (κ1) is 27.4. The van der Waals surface area contributed by atoms with E-state index in [0.29, 0.717) is 37.7 Å². The fourth-order valence-corrected chi connectivity index (χ4v) is 5.89. The van der Waals surface area contributed by atoms with Crippen molar-refractivity contribution >= 4 is 41.1 Å². The Morgan fingerprint density at radius 1 is 1.10 bits per heavy atom. The molecule has 10 heteroatoms. The molecule has 1 aliphatic rings. The molecular weight excluding hydrogens is 548 g/mol. The van der Waals surface area contributed by atoms with Crippen molar-refractivity contribution < 1.29 is 23.8 Å². The van der Waals surface area contributed by atoms with Crippen molar-refractivity contribution in [2.24, 2.45) is 4.99 Å². The third-order valence-electron chi connectivity index (χ3n) is 6.33. The van der Waals surface area contributed by atoms with E-state index < -0.39 is 18.0 Å². The normalized spacial score (nSPS) is 15.2. The number of furan rings is 1. The van der Waals surface area contributed by atoms with Crippen molar-refractivity contribution in [1.82, 2.24) is 4.57 Å². The van der Waals surface area contributed by atoms with E-state index in [2.05, 4.69) is 4.99 Å². The first-order valence-electron chi connectivity index (χ1n) is 12.5. The minimum atomic E-state index is -1.00. The van der Waals surface area contributed by atoms with Gasteiger partial charge in [0.05, 0.1) is 33.5 Å². The predicted octanol–water partition coefficient (Wildman–Crippen LogP) is 4.87. The molecule has 0 bridgehead atoms. The van der Waals surface area contributed by atoms with Gasteiger partial charge < -0.3 is 14.3 Å². The summed E-state index contributed by atoms with van der Waals surface area (Å²) in [7, 11) is 0. The molecule has 0 saturated heterocycles. The van der Waals surface area contributed by atoms with Crippen LogP contribution in [0.15, 0.2) is 91.0 Å². The minimum absolute atomic E-state index is 0.182. The molecule has 0 radical (unpaired) electrons. The van der Waals surface area contributed by atoms with Crippen LogP contribution in [0.2, 0.25) is 0 Å². The molecule has 0 spiro atoms. The van der Waals surface area contributed by atoms with Crippen molar-refractivity contribution in [3.05, 3.63) is 109 Å². The van der Waals surface area contributed by atoms with Gasteiger partial charge in [0.25, 0.3) is 5.56 Å². The van der Waals surface area contributed by atoms with E-state index in [0.717, 1.165) is 10.5 Å². The minimum Gasteiger partial charge on any atom is -0.478 e. The maximum atomic E-state index is 13.8. The summed E-state index contributed by atoms with van der Waals surface area (Å²) in [6, 6.07) is 16.9. The lowest BCUT2D eigenvalue weighted by molar-refractivity contribution is -0.143. The number of carboxylic acid groups (broad SMARTS) is 1. The Bertz CT molecular complexity index is 1810. The highest BCUT2D eigenvalue weighted by molar-refractivity contribution is 7.98. The average Bonchev–Trinajstić information content (AvgIpc) is 3.52. The molecule has 40 heavy (non-hydrogen) atoms. The van der Waals surface area contributed by atoms with E-state index in [4.69, 9.17) is 14.3 Å². The largest absolute Gasteiger partial charge is 0.478 e. The molecule has 5 rings (SSSR count). The van der Waals surface area contributed by atoms with Crippen LogP contribution in [0.4, 0.5) is 0 Å². The molecule has 3 heterocycles. The molecule has 1 N–H and O–H groups in total. The number of aromatic carboxylic acids is 1. The third-order valence-corrected chi connectivity index (χ3v) is 8.06. The zero-order valence-corrected chi connectivity index (χ0v) is 23.8. The Morgan fingerprint density at radius 3 is 2.42 bits per heavy atom. The Balaban J connectivity index is 1.59. The van der Waals surface area contributed by atoms with Crippen molar-refractivity contribution in [1.29, 1.82) is 0 Å². The van der Waals surface area contributed by atoms with Crippen molar-refractivity contribution in [2.75, 3.05) is 6.26 Å². The number of carboxylic acids is 1. The summed E-state index contributed by atoms with van der Waals surface area (Å²) in [5.41, 5.74) is 2.21. The molecule has 204 valence electrons. The fourth-order valence-electron chi connectivity index (χ4n) is 4.45. The number of aromatic nitrogens is 1. The monoisotopic (exact) mass is 574 g/mol. The lowest BCUT2D eigenvalue weighted by Gasteiger charge is -2.25. The summed E-state index contributed by atoms with van der Waals surface area (Å²) < 4.78 is 13.5. The smallest absolute Gasteiger partial charge is 0.338 e. The first-order valence-corrected chi connectivity index (χ1v) is 14.5. The van der Waals surface area contributed by atoms with Crippen LogP contribution < -0.4 is 14.9 Å². The van der Waals surface area contributed by atoms with Gasteiger partial charge in [0.1, 0.15) is 11.5 Å².